The molecule has 1 aliphatic rings. The van der Waals surface area contributed by atoms with Crippen LogP contribution >= 0.6 is 0 Å². The van der Waals surface area contributed by atoms with E-state index in [1.165, 1.54) is 5.56 Å². The first-order valence-electron chi connectivity index (χ1n) is 7.67. The van der Waals surface area contributed by atoms with E-state index in [-0.39, 0.29) is 5.91 Å². The molecule has 0 bridgehead atoms. The van der Waals surface area contributed by atoms with E-state index in [2.05, 4.69) is 48.5 Å². The van der Waals surface area contributed by atoms with Gasteiger partial charge in [0.15, 0.2) is 0 Å². The molecule has 2 rings (SSSR count). The molecule has 1 N–H and O–H groups in total. The van der Waals surface area contributed by atoms with Gasteiger partial charge < -0.3 is 10.2 Å². The summed E-state index contributed by atoms with van der Waals surface area (Å²) in [5.74, 6) is 0.758. The van der Waals surface area contributed by atoms with Gasteiger partial charge in [0, 0.05) is 19.0 Å². The quantitative estimate of drug-likeness (QED) is 0.894. The van der Waals surface area contributed by atoms with Gasteiger partial charge in [-0.05, 0) is 44.3 Å². The Labute approximate surface area is 122 Å². The number of carbonyl (C=O) groups excluding carboxylic acids is 1. The van der Waals surface area contributed by atoms with Crippen molar-refractivity contribution in [1.82, 2.24) is 10.2 Å². The largest absolute Gasteiger partial charge is 0.353 e. The Morgan fingerprint density at radius 3 is 2.80 bits per heavy atom. The molecule has 0 aromatic heterocycles. The Morgan fingerprint density at radius 2 is 2.10 bits per heavy atom. The summed E-state index contributed by atoms with van der Waals surface area (Å²) in [7, 11) is 2.15. The second-order valence-corrected chi connectivity index (χ2v) is 6.04. The van der Waals surface area contributed by atoms with Crippen LogP contribution in [-0.2, 0) is 11.2 Å². The Hall–Kier alpha value is -1.35. The van der Waals surface area contributed by atoms with Gasteiger partial charge in [0.25, 0.3) is 0 Å². The number of amides is 1. The van der Waals surface area contributed by atoms with Crippen LogP contribution in [0.2, 0.25) is 0 Å². The van der Waals surface area contributed by atoms with Crippen molar-refractivity contribution in [2.75, 3.05) is 20.1 Å². The summed E-state index contributed by atoms with van der Waals surface area (Å²) >= 11 is 0. The van der Waals surface area contributed by atoms with Crippen molar-refractivity contribution < 1.29 is 4.79 Å². The molecule has 1 saturated heterocycles. The minimum atomic E-state index is 0.210. The molecule has 1 aromatic carbocycles. The van der Waals surface area contributed by atoms with Crippen molar-refractivity contribution in [3.63, 3.8) is 0 Å². The summed E-state index contributed by atoms with van der Waals surface area (Å²) < 4.78 is 0. The zero-order chi connectivity index (χ0) is 14.4. The maximum Gasteiger partial charge on any atom is 0.220 e. The number of rotatable bonds is 5. The number of benzene rings is 1. The Bertz CT molecular complexity index is 418. The van der Waals surface area contributed by atoms with Gasteiger partial charge in [-0.15, -0.1) is 0 Å². The molecule has 1 heterocycles. The van der Waals surface area contributed by atoms with Crippen molar-refractivity contribution in [2.45, 2.75) is 38.6 Å². The zero-order valence-electron chi connectivity index (χ0n) is 12.6. The number of nitrogens with zero attached hydrogens (tertiary/aromatic N) is 1. The number of nitrogens with one attached hydrogen (secondary N) is 1. The van der Waals surface area contributed by atoms with Crippen LogP contribution in [0.25, 0.3) is 0 Å². The number of hydrogen-bond donors (Lipinski definition) is 1. The number of likely N-dealkylation sites (tertiary alicyclic amines) is 1. The molecular formula is C17H26N2O. The Morgan fingerprint density at radius 1 is 1.35 bits per heavy atom. The van der Waals surface area contributed by atoms with E-state index in [1.54, 1.807) is 0 Å². The molecule has 110 valence electrons. The molecule has 1 fully saturated rings. The highest BCUT2D eigenvalue weighted by Crippen LogP contribution is 2.15. The molecular weight excluding hydrogens is 248 g/mol. The van der Waals surface area contributed by atoms with Crippen molar-refractivity contribution in [3.8, 4) is 0 Å². The van der Waals surface area contributed by atoms with Crippen molar-refractivity contribution in [2.24, 2.45) is 5.92 Å². The van der Waals surface area contributed by atoms with Crippen LogP contribution < -0.4 is 5.32 Å². The van der Waals surface area contributed by atoms with Gasteiger partial charge in [-0.3, -0.25) is 4.79 Å². The van der Waals surface area contributed by atoms with Crippen LogP contribution in [0.1, 0.15) is 31.7 Å². The SMILES string of the molecule is C[C@@H]1CN(C)CC[C@H]1NC(=O)CCCc1ccccc1. The summed E-state index contributed by atoms with van der Waals surface area (Å²) in [6.45, 7) is 4.39. The highest BCUT2D eigenvalue weighted by Gasteiger charge is 2.25. The van der Waals surface area contributed by atoms with E-state index in [1.807, 2.05) is 6.07 Å². The van der Waals surface area contributed by atoms with E-state index < -0.39 is 0 Å². The standard InChI is InChI=1S/C17H26N2O/c1-14-13-19(2)12-11-16(14)18-17(20)10-6-9-15-7-4-3-5-8-15/h3-5,7-8,14,16H,6,9-13H2,1-2H3,(H,18,20)/t14-,16-/m1/s1. The molecule has 1 amide bonds. The van der Waals surface area contributed by atoms with Gasteiger partial charge in [-0.2, -0.15) is 0 Å². The molecule has 20 heavy (non-hydrogen) atoms. The van der Waals surface area contributed by atoms with Gasteiger partial charge in [0.1, 0.15) is 0 Å². The average Bonchev–Trinajstić information content (AvgIpc) is 2.43. The highest BCUT2D eigenvalue weighted by atomic mass is 16.1. The number of piperidine rings is 1. The number of hydrogen-bond acceptors (Lipinski definition) is 2. The summed E-state index contributed by atoms with van der Waals surface area (Å²) in [5.41, 5.74) is 1.31. The first-order valence-corrected chi connectivity index (χ1v) is 7.67. The molecule has 0 radical (unpaired) electrons. The third-order valence-corrected chi connectivity index (χ3v) is 4.17. The second kappa shape index (κ2) is 7.44. The van der Waals surface area contributed by atoms with Gasteiger partial charge >= 0.3 is 0 Å². The molecule has 0 unspecified atom stereocenters. The first-order chi connectivity index (χ1) is 9.65. The van der Waals surface area contributed by atoms with Gasteiger partial charge in [-0.25, -0.2) is 0 Å². The molecule has 1 aromatic rings. The lowest BCUT2D eigenvalue weighted by Crippen LogP contribution is -2.48. The molecule has 0 saturated carbocycles. The van der Waals surface area contributed by atoms with Crippen LogP contribution in [0, 0.1) is 5.92 Å². The highest BCUT2D eigenvalue weighted by molar-refractivity contribution is 5.76. The zero-order valence-corrected chi connectivity index (χ0v) is 12.6. The van der Waals surface area contributed by atoms with Crippen LogP contribution in [-0.4, -0.2) is 37.0 Å². The molecule has 3 nitrogen and oxygen atoms in total. The predicted molar refractivity (Wildman–Crippen MR) is 82.6 cm³/mol. The van der Waals surface area contributed by atoms with Crippen molar-refractivity contribution in [1.29, 1.82) is 0 Å². The van der Waals surface area contributed by atoms with Crippen LogP contribution in [0.15, 0.2) is 30.3 Å². The van der Waals surface area contributed by atoms with Gasteiger partial charge in [0.05, 0.1) is 0 Å². The van der Waals surface area contributed by atoms with Crippen molar-refractivity contribution >= 4 is 5.91 Å². The average molecular weight is 274 g/mol. The molecule has 1 aliphatic heterocycles. The van der Waals surface area contributed by atoms with Gasteiger partial charge in [-0.1, -0.05) is 37.3 Å². The van der Waals surface area contributed by atoms with E-state index in [9.17, 15) is 4.79 Å². The normalized spacial score (nSPS) is 23.5. The molecule has 0 aliphatic carbocycles. The third-order valence-electron chi connectivity index (χ3n) is 4.17. The van der Waals surface area contributed by atoms with E-state index >= 15 is 0 Å². The molecule has 3 heteroatoms. The maximum atomic E-state index is 12.0. The fourth-order valence-corrected chi connectivity index (χ4v) is 2.95. The van der Waals surface area contributed by atoms with Crippen LogP contribution in [0.3, 0.4) is 0 Å². The summed E-state index contributed by atoms with van der Waals surface area (Å²) in [4.78, 5) is 14.3. The number of carbonyl (C=O) groups is 1. The maximum absolute atomic E-state index is 12.0. The summed E-state index contributed by atoms with van der Waals surface area (Å²) in [6.07, 6.45) is 3.62. The van der Waals surface area contributed by atoms with Crippen LogP contribution in [0.5, 0.6) is 0 Å². The summed E-state index contributed by atoms with van der Waals surface area (Å²) in [6, 6.07) is 10.7. The lowest BCUT2D eigenvalue weighted by molar-refractivity contribution is -0.122. The topological polar surface area (TPSA) is 32.3 Å². The lowest BCUT2D eigenvalue weighted by atomic mass is 9.94. The predicted octanol–water partition coefficient (Wildman–Crippen LogP) is 2.47. The molecule has 0 spiro atoms. The molecule has 2 atom stereocenters. The van der Waals surface area contributed by atoms with Crippen molar-refractivity contribution in [3.05, 3.63) is 35.9 Å². The smallest absolute Gasteiger partial charge is 0.220 e. The Balaban J connectivity index is 1.68. The second-order valence-electron chi connectivity index (χ2n) is 6.04. The first kappa shape index (κ1) is 15.0. The van der Waals surface area contributed by atoms with Gasteiger partial charge in [0.2, 0.25) is 5.91 Å². The summed E-state index contributed by atoms with van der Waals surface area (Å²) in [5, 5.41) is 3.21. The minimum absolute atomic E-state index is 0.210. The third kappa shape index (κ3) is 4.64. The van der Waals surface area contributed by atoms with E-state index in [0.29, 0.717) is 18.4 Å². The van der Waals surface area contributed by atoms with Crippen LogP contribution in [0.4, 0.5) is 0 Å². The van der Waals surface area contributed by atoms with E-state index in [4.69, 9.17) is 0 Å². The fourth-order valence-electron chi connectivity index (χ4n) is 2.95. The fraction of sp³-hybridized carbons (Fsp3) is 0.588. The lowest BCUT2D eigenvalue weighted by Gasteiger charge is -2.35. The number of aryl methyl sites for hydroxylation is 1. The minimum Gasteiger partial charge on any atom is -0.353 e. The Kier molecular flexibility index (Phi) is 5.60. The monoisotopic (exact) mass is 274 g/mol. The van der Waals surface area contributed by atoms with E-state index in [0.717, 1.165) is 32.4 Å².